The maximum Gasteiger partial charge on any atom is 0.278 e. The van der Waals surface area contributed by atoms with Crippen molar-refractivity contribution in [2.75, 3.05) is 13.7 Å². The van der Waals surface area contributed by atoms with Crippen LogP contribution >= 0.6 is 0 Å². The van der Waals surface area contributed by atoms with Gasteiger partial charge in [0.2, 0.25) is 0 Å². The average molecular weight is 346 g/mol. The van der Waals surface area contributed by atoms with E-state index in [2.05, 4.69) is 0 Å². The van der Waals surface area contributed by atoms with Crippen molar-refractivity contribution in [1.29, 1.82) is 0 Å². The highest BCUT2D eigenvalue weighted by Gasteiger charge is 2.33. The lowest BCUT2D eigenvalue weighted by Gasteiger charge is -2.15. The van der Waals surface area contributed by atoms with Crippen molar-refractivity contribution in [3.05, 3.63) is 71.4 Å². The number of methoxy groups -OCH3 is 1. The van der Waals surface area contributed by atoms with Crippen LogP contribution in [0.5, 0.6) is 5.75 Å². The first-order valence-corrected chi connectivity index (χ1v) is 9.11. The molecule has 1 amide bonds. The Hall–Kier alpha value is -2.88. The van der Waals surface area contributed by atoms with Crippen molar-refractivity contribution in [3.8, 4) is 5.75 Å². The number of benzene rings is 2. The number of hydrogen-bond donors (Lipinski definition) is 0. The van der Waals surface area contributed by atoms with Crippen LogP contribution in [0.3, 0.4) is 0 Å². The molecule has 0 atom stereocenters. The van der Waals surface area contributed by atoms with Crippen molar-refractivity contribution in [2.45, 2.75) is 25.7 Å². The molecule has 0 spiro atoms. The van der Waals surface area contributed by atoms with Crippen LogP contribution in [0.15, 0.2) is 65.3 Å². The lowest BCUT2D eigenvalue weighted by atomic mass is 9.95. The fourth-order valence-electron chi connectivity index (χ4n) is 3.60. The highest BCUT2D eigenvalue weighted by atomic mass is 16.5. The zero-order chi connectivity index (χ0) is 17.9. The van der Waals surface area contributed by atoms with E-state index in [9.17, 15) is 4.79 Å². The van der Waals surface area contributed by atoms with E-state index in [-0.39, 0.29) is 5.91 Å². The molecule has 2 aliphatic heterocycles. The molecule has 4 nitrogen and oxygen atoms in total. The van der Waals surface area contributed by atoms with Crippen molar-refractivity contribution in [2.24, 2.45) is 4.99 Å². The van der Waals surface area contributed by atoms with E-state index in [1.54, 1.807) is 7.11 Å². The van der Waals surface area contributed by atoms with Crippen molar-refractivity contribution in [1.82, 2.24) is 4.90 Å². The van der Waals surface area contributed by atoms with Gasteiger partial charge in [-0.05, 0) is 36.1 Å². The Morgan fingerprint density at radius 1 is 0.962 bits per heavy atom. The highest BCUT2D eigenvalue weighted by molar-refractivity contribution is 6.17. The Balaban J connectivity index is 1.87. The van der Waals surface area contributed by atoms with E-state index in [1.807, 2.05) is 59.5 Å². The number of nitrogens with zero attached hydrogens (tertiary/aromatic N) is 2. The van der Waals surface area contributed by atoms with Crippen molar-refractivity contribution < 1.29 is 9.53 Å². The quantitative estimate of drug-likeness (QED) is 0.779. The summed E-state index contributed by atoms with van der Waals surface area (Å²) in [7, 11) is 1.65. The summed E-state index contributed by atoms with van der Waals surface area (Å²) in [5, 5.41) is 0. The van der Waals surface area contributed by atoms with Crippen molar-refractivity contribution >= 4 is 17.3 Å². The van der Waals surface area contributed by atoms with Gasteiger partial charge in [-0.2, -0.15) is 0 Å². The monoisotopic (exact) mass is 346 g/mol. The maximum atomic E-state index is 13.1. The van der Waals surface area contributed by atoms with E-state index in [0.29, 0.717) is 5.70 Å². The number of aliphatic imine (C=N–C) groups is 1. The lowest BCUT2D eigenvalue weighted by Crippen LogP contribution is -2.31. The van der Waals surface area contributed by atoms with Crippen LogP contribution in [0.25, 0.3) is 5.57 Å². The third-order valence-corrected chi connectivity index (χ3v) is 4.96. The Bertz CT molecular complexity index is 867. The molecule has 26 heavy (non-hydrogen) atoms. The molecule has 4 rings (SSSR count). The summed E-state index contributed by atoms with van der Waals surface area (Å²) >= 11 is 0. The van der Waals surface area contributed by atoms with Crippen molar-refractivity contribution in [3.63, 3.8) is 0 Å². The molecule has 0 radical (unpaired) electrons. The molecular formula is C22H22N2O2. The number of fused-ring (bicyclic) bond motifs is 1. The van der Waals surface area contributed by atoms with Crippen LogP contribution in [0, 0.1) is 0 Å². The Kier molecular flexibility index (Phi) is 4.57. The molecule has 2 aromatic rings. The van der Waals surface area contributed by atoms with Gasteiger partial charge in [-0.15, -0.1) is 0 Å². The largest absolute Gasteiger partial charge is 0.497 e. The predicted molar refractivity (Wildman–Crippen MR) is 103 cm³/mol. The molecule has 4 heteroatoms. The summed E-state index contributed by atoms with van der Waals surface area (Å²) in [6.07, 6.45) is 4.17. The summed E-state index contributed by atoms with van der Waals surface area (Å²) in [5.74, 6) is 1.74. The first kappa shape index (κ1) is 16.6. The smallest absolute Gasteiger partial charge is 0.278 e. The molecule has 2 aliphatic rings. The molecule has 132 valence electrons. The summed E-state index contributed by atoms with van der Waals surface area (Å²) in [4.78, 5) is 19.8. The Morgan fingerprint density at radius 3 is 2.42 bits per heavy atom. The number of hydrogen-bond acceptors (Lipinski definition) is 3. The second-order valence-electron chi connectivity index (χ2n) is 6.61. The molecule has 0 aliphatic carbocycles. The summed E-state index contributed by atoms with van der Waals surface area (Å²) in [6, 6.07) is 17.8. The zero-order valence-electron chi connectivity index (χ0n) is 14.9. The molecule has 2 heterocycles. The van der Waals surface area contributed by atoms with Crippen LogP contribution in [-0.2, 0) is 4.79 Å². The normalized spacial score (nSPS) is 18.9. The van der Waals surface area contributed by atoms with Gasteiger partial charge in [-0.3, -0.25) is 9.69 Å². The fourth-order valence-corrected chi connectivity index (χ4v) is 3.60. The molecule has 1 saturated heterocycles. The Morgan fingerprint density at radius 2 is 1.69 bits per heavy atom. The fraction of sp³-hybridized carbons (Fsp3) is 0.273. The van der Waals surface area contributed by atoms with Crippen LogP contribution < -0.4 is 4.74 Å². The van der Waals surface area contributed by atoms with Gasteiger partial charge < -0.3 is 4.74 Å². The van der Waals surface area contributed by atoms with Gasteiger partial charge in [-0.1, -0.05) is 48.9 Å². The van der Waals surface area contributed by atoms with Gasteiger partial charge in [-0.25, -0.2) is 4.99 Å². The minimum atomic E-state index is 0.0246. The van der Waals surface area contributed by atoms with Gasteiger partial charge >= 0.3 is 0 Å². The molecule has 0 bridgehead atoms. The SMILES string of the molecule is COc1ccc(/C(=C2/N=C3CCCCCN3C2=O)c2ccccc2)cc1. The molecule has 0 saturated carbocycles. The molecule has 2 aromatic carbocycles. The van der Waals surface area contributed by atoms with Gasteiger partial charge in [0.25, 0.3) is 5.91 Å². The Labute approximate surface area is 153 Å². The topological polar surface area (TPSA) is 41.9 Å². The number of ether oxygens (including phenoxy) is 1. The van der Waals surface area contributed by atoms with E-state index >= 15 is 0 Å². The average Bonchev–Trinajstić information content (AvgIpc) is 2.86. The number of carbonyl (C=O) groups excluding carboxylic acids is 1. The minimum Gasteiger partial charge on any atom is -0.497 e. The summed E-state index contributed by atoms with van der Waals surface area (Å²) in [6.45, 7) is 0.770. The predicted octanol–water partition coefficient (Wildman–Crippen LogP) is 4.27. The minimum absolute atomic E-state index is 0.0246. The summed E-state index contributed by atoms with van der Waals surface area (Å²) in [5.41, 5.74) is 3.42. The molecule has 1 fully saturated rings. The van der Waals surface area contributed by atoms with Gasteiger partial charge in [0.05, 0.1) is 7.11 Å². The molecule has 0 N–H and O–H groups in total. The van der Waals surface area contributed by atoms with Crippen LogP contribution in [-0.4, -0.2) is 30.3 Å². The van der Waals surface area contributed by atoms with Gasteiger partial charge in [0.15, 0.2) is 0 Å². The summed E-state index contributed by atoms with van der Waals surface area (Å²) < 4.78 is 5.27. The number of carbonyl (C=O) groups is 1. The standard InChI is InChI=1S/C22H22N2O2/c1-26-18-13-11-17(12-14-18)20(16-8-4-2-5-9-16)21-22(25)24-15-7-3-6-10-19(24)23-21/h2,4-5,8-9,11-14H,3,6-7,10,15H2,1H3/b21-20+. The van der Waals surface area contributed by atoms with Gasteiger partial charge in [0, 0.05) is 18.5 Å². The second kappa shape index (κ2) is 7.16. The van der Waals surface area contributed by atoms with E-state index in [0.717, 1.165) is 60.5 Å². The van der Waals surface area contributed by atoms with Crippen LogP contribution in [0.4, 0.5) is 0 Å². The van der Waals surface area contributed by atoms with E-state index in [4.69, 9.17) is 9.73 Å². The number of rotatable bonds is 3. The lowest BCUT2D eigenvalue weighted by molar-refractivity contribution is -0.122. The number of amides is 1. The van der Waals surface area contributed by atoms with Crippen LogP contribution in [0.2, 0.25) is 0 Å². The third kappa shape index (κ3) is 3.03. The van der Waals surface area contributed by atoms with E-state index in [1.165, 1.54) is 0 Å². The molecule has 0 aromatic heterocycles. The van der Waals surface area contributed by atoms with Crippen LogP contribution in [0.1, 0.15) is 36.8 Å². The highest BCUT2D eigenvalue weighted by Crippen LogP contribution is 2.33. The third-order valence-electron chi connectivity index (χ3n) is 4.96. The maximum absolute atomic E-state index is 13.1. The van der Waals surface area contributed by atoms with E-state index < -0.39 is 0 Å². The zero-order valence-corrected chi connectivity index (χ0v) is 14.9. The molecule has 0 unspecified atom stereocenters. The first-order chi connectivity index (χ1) is 12.8. The number of amidine groups is 1. The van der Waals surface area contributed by atoms with Gasteiger partial charge in [0.1, 0.15) is 17.3 Å². The first-order valence-electron chi connectivity index (χ1n) is 9.11. The second-order valence-corrected chi connectivity index (χ2v) is 6.61. The molecular weight excluding hydrogens is 324 g/mol.